The van der Waals surface area contributed by atoms with E-state index >= 15 is 0 Å². The molecule has 0 unspecified atom stereocenters. The van der Waals surface area contributed by atoms with E-state index in [2.05, 4.69) is 4.98 Å². The van der Waals surface area contributed by atoms with Gasteiger partial charge in [0, 0.05) is 10.9 Å². The van der Waals surface area contributed by atoms with E-state index in [1.165, 1.54) is 22.2 Å². The van der Waals surface area contributed by atoms with Crippen molar-refractivity contribution in [2.24, 2.45) is 5.92 Å². The van der Waals surface area contributed by atoms with Gasteiger partial charge in [0.2, 0.25) is 0 Å². The number of nitrogens with zero attached hydrogens (tertiary/aromatic N) is 2. The molecule has 2 heterocycles. The minimum absolute atomic E-state index is 0.146. The van der Waals surface area contributed by atoms with E-state index in [0.29, 0.717) is 16.8 Å². The molecule has 0 aliphatic rings. The van der Waals surface area contributed by atoms with E-state index in [-0.39, 0.29) is 18.0 Å². The fraction of sp³-hybridized carbons (Fsp3) is 0.316. The van der Waals surface area contributed by atoms with E-state index in [1.54, 1.807) is 7.11 Å². The van der Waals surface area contributed by atoms with Crippen LogP contribution in [0.15, 0.2) is 40.8 Å². The first-order valence-corrected chi connectivity index (χ1v) is 9.14. The van der Waals surface area contributed by atoms with E-state index in [0.717, 1.165) is 16.9 Å². The lowest BCUT2D eigenvalue weighted by atomic mass is 10.1. The smallest absolute Gasteiger partial charge is 0.326 e. The van der Waals surface area contributed by atoms with Gasteiger partial charge in [-0.25, -0.2) is 4.98 Å². The zero-order chi connectivity index (χ0) is 18.7. The van der Waals surface area contributed by atoms with Crippen LogP contribution in [-0.2, 0) is 16.1 Å². The maximum absolute atomic E-state index is 12.9. The largest absolute Gasteiger partial charge is 0.497 e. The minimum Gasteiger partial charge on any atom is -0.497 e. The van der Waals surface area contributed by atoms with Crippen LogP contribution < -0.4 is 10.3 Å². The Morgan fingerprint density at radius 2 is 2.00 bits per heavy atom. The van der Waals surface area contributed by atoms with Gasteiger partial charge in [0.1, 0.15) is 17.1 Å². The average molecular weight is 372 g/mol. The molecule has 0 N–H and O–H groups in total. The third-order valence-electron chi connectivity index (χ3n) is 3.84. The number of rotatable bonds is 6. The summed E-state index contributed by atoms with van der Waals surface area (Å²) in [5.74, 6) is 0.551. The maximum atomic E-state index is 12.9. The Morgan fingerprint density at radius 1 is 1.27 bits per heavy atom. The SMILES string of the molecule is COc1ccc(-c2csc3ncn(CC(=O)OCC(C)C)c(=O)c23)cc1. The van der Waals surface area contributed by atoms with Crippen LogP contribution in [0.2, 0.25) is 0 Å². The van der Waals surface area contributed by atoms with Crippen LogP contribution in [0.4, 0.5) is 0 Å². The van der Waals surface area contributed by atoms with Crippen LogP contribution in [0.25, 0.3) is 21.3 Å². The summed E-state index contributed by atoms with van der Waals surface area (Å²) in [5, 5.41) is 2.42. The van der Waals surface area contributed by atoms with Crippen molar-refractivity contribution in [2.75, 3.05) is 13.7 Å². The zero-order valence-corrected chi connectivity index (χ0v) is 15.7. The molecule has 7 heteroatoms. The number of ether oxygens (including phenoxy) is 2. The molecule has 0 radical (unpaired) electrons. The second-order valence-electron chi connectivity index (χ2n) is 6.31. The Morgan fingerprint density at radius 3 is 2.65 bits per heavy atom. The number of carbonyl (C=O) groups is 1. The van der Waals surface area contributed by atoms with Gasteiger partial charge in [-0.15, -0.1) is 11.3 Å². The van der Waals surface area contributed by atoms with Crippen LogP contribution in [-0.4, -0.2) is 29.2 Å². The summed E-state index contributed by atoms with van der Waals surface area (Å²) >= 11 is 1.40. The highest BCUT2D eigenvalue weighted by Gasteiger charge is 2.15. The highest BCUT2D eigenvalue weighted by Crippen LogP contribution is 2.31. The highest BCUT2D eigenvalue weighted by molar-refractivity contribution is 7.17. The summed E-state index contributed by atoms with van der Waals surface area (Å²) < 4.78 is 11.6. The van der Waals surface area contributed by atoms with Crippen molar-refractivity contribution in [3.05, 3.63) is 46.3 Å². The molecule has 0 aliphatic heterocycles. The summed E-state index contributed by atoms with van der Waals surface area (Å²) in [5.41, 5.74) is 1.45. The molecule has 3 aromatic rings. The molecule has 0 fully saturated rings. The fourth-order valence-corrected chi connectivity index (χ4v) is 3.41. The zero-order valence-electron chi connectivity index (χ0n) is 14.9. The first kappa shape index (κ1) is 18.1. The van der Waals surface area contributed by atoms with Gasteiger partial charge in [-0.05, 0) is 23.6 Å². The number of methoxy groups -OCH3 is 1. The molecule has 6 nitrogen and oxygen atoms in total. The summed E-state index contributed by atoms with van der Waals surface area (Å²) in [6.45, 7) is 4.10. The van der Waals surface area contributed by atoms with E-state index < -0.39 is 5.97 Å². The van der Waals surface area contributed by atoms with Crippen molar-refractivity contribution in [1.29, 1.82) is 0 Å². The quantitative estimate of drug-likeness (QED) is 0.621. The standard InChI is InChI=1S/C19H20N2O4S/c1-12(2)9-25-16(22)8-21-11-20-18-17(19(21)23)15(10-26-18)13-4-6-14(24-3)7-5-13/h4-7,10-12H,8-9H2,1-3H3. The van der Waals surface area contributed by atoms with Crippen LogP contribution in [0, 0.1) is 5.92 Å². The molecule has 0 spiro atoms. The van der Waals surface area contributed by atoms with Crippen molar-refractivity contribution >= 4 is 27.5 Å². The third kappa shape index (κ3) is 3.77. The molecule has 0 aliphatic carbocycles. The monoisotopic (exact) mass is 372 g/mol. The molecule has 3 rings (SSSR count). The van der Waals surface area contributed by atoms with Crippen LogP contribution in [0.5, 0.6) is 5.75 Å². The second-order valence-corrected chi connectivity index (χ2v) is 7.17. The number of thiophene rings is 1. The molecule has 0 saturated heterocycles. The summed E-state index contributed by atoms with van der Waals surface area (Å²) in [7, 11) is 1.61. The highest BCUT2D eigenvalue weighted by atomic mass is 32.1. The van der Waals surface area contributed by atoms with Crippen molar-refractivity contribution in [3.8, 4) is 16.9 Å². The topological polar surface area (TPSA) is 70.4 Å². The van der Waals surface area contributed by atoms with Gasteiger partial charge in [0.15, 0.2) is 0 Å². The summed E-state index contributed by atoms with van der Waals surface area (Å²) in [6.07, 6.45) is 1.40. The predicted molar refractivity (Wildman–Crippen MR) is 102 cm³/mol. The van der Waals surface area contributed by atoms with Crippen LogP contribution in [0.1, 0.15) is 13.8 Å². The number of hydrogen-bond donors (Lipinski definition) is 0. The Hall–Kier alpha value is -2.67. The number of carbonyl (C=O) groups excluding carboxylic acids is 1. The van der Waals surface area contributed by atoms with E-state index in [1.807, 2.05) is 43.5 Å². The van der Waals surface area contributed by atoms with Crippen molar-refractivity contribution in [3.63, 3.8) is 0 Å². The summed E-state index contributed by atoms with van der Waals surface area (Å²) in [6, 6.07) is 7.48. The van der Waals surface area contributed by atoms with Crippen molar-refractivity contribution in [1.82, 2.24) is 9.55 Å². The van der Waals surface area contributed by atoms with Gasteiger partial charge in [-0.3, -0.25) is 14.2 Å². The Kier molecular flexibility index (Phi) is 5.37. The second kappa shape index (κ2) is 7.70. The minimum atomic E-state index is -0.442. The summed E-state index contributed by atoms with van der Waals surface area (Å²) in [4.78, 5) is 29.8. The van der Waals surface area contributed by atoms with Gasteiger partial charge >= 0.3 is 5.97 Å². The maximum Gasteiger partial charge on any atom is 0.326 e. The first-order chi connectivity index (χ1) is 12.5. The molecule has 136 valence electrons. The van der Waals surface area contributed by atoms with E-state index in [4.69, 9.17) is 9.47 Å². The van der Waals surface area contributed by atoms with Gasteiger partial charge in [0.05, 0.1) is 25.4 Å². The Labute approximate surface area is 155 Å². The number of benzene rings is 1. The van der Waals surface area contributed by atoms with Gasteiger partial charge in [-0.2, -0.15) is 0 Å². The van der Waals surface area contributed by atoms with E-state index in [9.17, 15) is 9.59 Å². The lowest BCUT2D eigenvalue weighted by Gasteiger charge is -2.09. The lowest BCUT2D eigenvalue weighted by Crippen LogP contribution is -2.26. The average Bonchev–Trinajstić information content (AvgIpc) is 3.07. The lowest BCUT2D eigenvalue weighted by molar-refractivity contribution is -0.145. The predicted octanol–water partition coefficient (Wildman–Crippen LogP) is 3.33. The number of fused-ring (bicyclic) bond motifs is 1. The third-order valence-corrected chi connectivity index (χ3v) is 4.73. The molecule has 0 amide bonds. The van der Waals surface area contributed by atoms with Crippen LogP contribution in [0.3, 0.4) is 0 Å². The van der Waals surface area contributed by atoms with Gasteiger partial charge in [0.25, 0.3) is 5.56 Å². The normalized spacial score (nSPS) is 11.1. The van der Waals surface area contributed by atoms with Crippen molar-refractivity contribution in [2.45, 2.75) is 20.4 Å². The molecule has 0 saturated carbocycles. The molecule has 0 atom stereocenters. The molecule has 2 aromatic heterocycles. The Bertz CT molecular complexity index is 973. The molecular formula is C19H20N2O4S. The van der Waals surface area contributed by atoms with Gasteiger partial charge < -0.3 is 9.47 Å². The fourth-order valence-electron chi connectivity index (χ4n) is 2.51. The first-order valence-electron chi connectivity index (χ1n) is 8.26. The number of esters is 1. The molecule has 0 bridgehead atoms. The molecule has 1 aromatic carbocycles. The number of hydrogen-bond acceptors (Lipinski definition) is 6. The molecule has 26 heavy (non-hydrogen) atoms. The molecular weight excluding hydrogens is 352 g/mol. The van der Waals surface area contributed by atoms with Crippen LogP contribution >= 0.6 is 11.3 Å². The van der Waals surface area contributed by atoms with Crippen molar-refractivity contribution < 1.29 is 14.3 Å². The number of aromatic nitrogens is 2. The van der Waals surface area contributed by atoms with Gasteiger partial charge in [-0.1, -0.05) is 26.0 Å². The Balaban J connectivity index is 1.95.